The Hall–Kier alpha value is -2.79. The third-order valence-electron chi connectivity index (χ3n) is 6.04. The van der Waals surface area contributed by atoms with E-state index < -0.39 is 0 Å². The van der Waals surface area contributed by atoms with Crippen molar-refractivity contribution in [1.29, 1.82) is 0 Å². The monoisotopic (exact) mass is 421 g/mol. The molecule has 0 bridgehead atoms. The van der Waals surface area contributed by atoms with Crippen molar-refractivity contribution in [3.63, 3.8) is 0 Å². The normalized spacial score (nSPS) is 22.5. The molecule has 5 nitrogen and oxygen atoms in total. The first-order valence-corrected chi connectivity index (χ1v) is 11.1. The lowest BCUT2D eigenvalue weighted by Gasteiger charge is -2.35. The molecule has 2 unspecified atom stereocenters. The van der Waals surface area contributed by atoms with Crippen molar-refractivity contribution < 1.29 is 19.4 Å². The quantitative estimate of drug-likeness (QED) is 0.673. The number of phenolic OH excluding ortho intramolecular Hbond substituents is 1. The van der Waals surface area contributed by atoms with Crippen molar-refractivity contribution in [2.75, 3.05) is 19.7 Å². The van der Waals surface area contributed by atoms with Crippen molar-refractivity contribution in [2.45, 2.75) is 40.7 Å². The van der Waals surface area contributed by atoms with Crippen molar-refractivity contribution >= 4 is 11.9 Å². The van der Waals surface area contributed by atoms with Crippen molar-refractivity contribution in [2.24, 2.45) is 11.8 Å². The predicted molar refractivity (Wildman–Crippen MR) is 122 cm³/mol. The van der Waals surface area contributed by atoms with Gasteiger partial charge in [0.05, 0.1) is 17.7 Å². The number of nitrogens with zero attached hydrogens (tertiary/aromatic N) is 1. The van der Waals surface area contributed by atoms with E-state index in [1.807, 2.05) is 38.1 Å². The minimum absolute atomic E-state index is 0.136. The highest BCUT2D eigenvalue weighted by molar-refractivity contribution is 6.15. The number of fused-ring (bicyclic) bond motifs is 1. The van der Waals surface area contributed by atoms with E-state index in [0.29, 0.717) is 41.9 Å². The molecule has 2 aliphatic heterocycles. The second kappa shape index (κ2) is 8.75. The van der Waals surface area contributed by atoms with E-state index in [2.05, 4.69) is 18.7 Å². The number of piperidine rings is 1. The molecule has 2 atom stereocenters. The molecule has 1 saturated heterocycles. The maximum Gasteiger partial charge on any atom is 0.232 e. The van der Waals surface area contributed by atoms with Crippen LogP contribution >= 0.6 is 0 Å². The number of aromatic hydroxyl groups is 1. The molecule has 1 N–H and O–H groups in total. The van der Waals surface area contributed by atoms with Gasteiger partial charge in [-0.2, -0.15) is 0 Å². The van der Waals surface area contributed by atoms with Gasteiger partial charge in [0.2, 0.25) is 5.78 Å². The van der Waals surface area contributed by atoms with Gasteiger partial charge in [0.1, 0.15) is 17.2 Å². The first kappa shape index (κ1) is 21.4. The van der Waals surface area contributed by atoms with Gasteiger partial charge in [-0.05, 0) is 67.5 Å². The summed E-state index contributed by atoms with van der Waals surface area (Å²) in [5.41, 5.74) is 2.85. The topological polar surface area (TPSA) is 59.0 Å². The second-order valence-corrected chi connectivity index (χ2v) is 8.98. The molecule has 5 heteroatoms. The molecule has 0 amide bonds. The first-order valence-electron chi connectivity index (χ1n) is 11.1. The Morgan fingerprint density at radius 3 is 2.52 bits per heavy atom. The van der Waals surface area contributed by atoms with E-state index in [-0.39, 0.29) is 17.3 Å². The van der Waals surface area contributed by atoms with Gasteiger partial charge in [0.25, 0.3) is 0 Å². The molecule has 0 spiro atoms. The third-order valence-corrected chi connectivity index (χ3v) is 6.04. The zero-order chi connectivity index (χ0) is 22.1. The summed E-state index contributed by atoms with van der Waals surface area (Å²) in [7, 11) is 0. The molecule has 31 heavy (non-hydrogen) atoms. The number of allylic oxidation sites excluding steroid dienone is 1. The fraction of sp³-hybridized carbons (Fsp3) is 0.423. The fourth-order valence-electron chi connectivity index (χ4n) is 4.86. The SMILES string of the molecule is CCOc1ccc(/C=C2/Oc3c(CN4CC(C)CC(C)C4)c(O)cc(C)c3C2=O)cc1. The van der Waals surface area contributed by atoms with Crippen LogP contribution in [0.5, 0.6) is 17.2 Å². The van der Waals surface area contributed by atoms with Crippen LogP contribution in [-0.4, -0.2) is 35.5 Å². The Morgan fingerprint density at radius 1 is 1.19 bits per heavy atom. The zero-order valence-electron chi connectivity index (χ0n) is 18.8. The average molecular weight is 422 g/mol. The van der Waals surface area contributed by atoms with Gasteiger partial charge in [-0.15, -0.1) is 0 Å². The average Bonchev–Trinajstić information content (AvgIpc) is 3.03. The van der Waals surface area contributed by atoms with E-state index in [4.69, 9.17) is 9.47 Å². The minimum Gasteiger partial charge on any atom is -0.507 e. The fourth-order valence-corrected chi connectivity index (χ4v) is 4.86. The van der Waals surface area contributed by atoms with Gasteiger partial charge in [0, 0.05) is 19.6 Å². The lowest BCUT2D eigenvalue weighted by molar-refractivity contribution is 0.101. The molecule has 2 aliphatic rings. The molecule has 0 aromatic heterocycles. The highest BCUT2D eigenvalue weighted by atomic mass is 16.5. The number of Topliss-reactive ketones (excluding diaryl/α,β-unsaturated/α-hetero) is 1. The first-order chi connectivity index (χ1) is 14.9. The van der Waals surface area contributed by atoms with Gasteiger partial charge in [0.15, 0.2) is 5.76 Å². The van der Waals surface area contributed by atoms with Crippen LogP contribution in [0.1, 0.15) is 54.2 Å². The number of carbonyl (C=O) groups is 1. The summed E-state index contributed by atoms with van der Waals surface area (Å²) < 4.78 is 11.6. The Bertz CT molecular complexity index is 999. The van der Waals surface area contributed by atoms with E-state index in [9.17, 15) is 9.90 Å². The number of ketones is 1. The van der Waals surface area contributed by atoms with Gasteiger partial charge in [-0.1, -0.05) is 26.0 Å². The molecular weight excluding hydrogens is 390 g/mol. The second-order valence-electron chi connectivity index (χ2n) is 8.98. The van der Waals surface area contributed by atoms with Crippen molar-refractivity contribution in [3.8, 4) is 17.2 Å². The number of rotatable bonds is 5. The highest BCUT2D eigenvalue weighted by Gasteiger charge is 2.34. The molecule has 1 fully saturated rings. The molecule has 2 aromatic rings. The molecule has 2 aromatic carbocycles. The van der Waals surface area contributed by atoms with Crippen molar-refractivity contribution in [3.05, 3.63) is 58.3 Å². The summed E-state index contributed by atoms with van der Waals surface area (Å²) in [5.74, 6) is 2.86. The summed E-state index contributed by atoms with van der Waals surface area (Å²) in [6.07, 6.45) is 2.97. The summed E-state index contributed by atoms with van der Waals surface area (Å²) in [4.78, 5) is 15.5. The van der Waals surface area contributed by atoms with E-state index in [1.54, 1.807) is 12.1 Å². The number of hydrogen-bond acceptors (Lipinski definition) is 5. The largest absolute Gasteiger partial charge is 0.507 e. The lowest BCUT2D eigenvalue weighted by Crippen LogP contribution is -2.38. The zero-order valence-corrected chi connectivity index (χ0v) is 18.8. The molecule has 4 rings (SSSR count). The number of likely N-dealkylation sites (tertiary alicyclic amines) is 1. The van der Waals surface area contributed by atoms with E-state index in [0.717, 1.165) is 30.0 Å². The number of hydrogen-bond donors (Lipinski definition) is 1. The number of ether oxygens (including phenoxy) is 2. The smallest absolute Gasteiger partial charge is 0.232 e. The molecule has 2 heterocycles. The molecule has 0 aliphatic carbocycles. The van der Waals surface area contributed by atoms with Crippen LogP contribution in [0.4, 0.5) is 0 Å². The Kier molecular flexibility index (Phi) is 6.05. The predicted octanol–water partition coefficient (Wildman–Crippen LogP) is 5.19. The van der Waals surface area contributed by atoms with Gasteiger partial charge < -0.3 is 14.6 Å². The maximum absolute atomic E-state index is 13.1. The standard InChI is InChI=1S/C26H31NO4/c1-5-30-20-8-6-19(7-9-20)12-23-25(29)24-18(4)11-22(28)21(26(24)31-23)15-27-13-16(2)10-17(3)14-27/h6-9,11-12,16-17,28H,5,10,13-15H2,1-4H3/b23-12+. The van der Waals surface area contributed by atoms with Crippen molar-refractivity contribution in [1.82, 2.24) is 4.90 Å². The third kappa shape index (κ3) is 4.47. The van der Waals surface area contributed by atoms with Crippen LogP contribution in [0.2, 0.25) is 0 Å². The number of aryl methyl sites for hydroxylation is 1. The molecule has 164 valence electrons. The van der Waals surface area contributed by atoms with Crippen LogP contribution < -0.4 is 9.47 Å². The summed E-state index contributed by atoms with van der Waals surface area (Å²) in [5, 5.41) is 10.7. The Labute approximate surface area is 184 Å². The van der Waals surface area contributed by atoms with Gasteiger partial charge in [-0.3, -0.25) is 9.69 Å². The van der Waals surface area contributed by atoms with Crippen LogP contribution in [-0.2, 0) is 6.54 Å². The van der Waals surface area contributed by atoms with Gasteiger partial charge >= 0.3 is 0 Å². The summed E-state index contributed by atoms with van der Waals surface area (Å²) >= 11 is 0. The molecular formula is C26H31NO4. The van der Waals surface area contributed by atoms with Crippen LogP contribution in [0.3, 0.4) is 0 Å². The molecule has 0 saturated carbocycles. The number of carbonyl (C=O) groups excluding carboxylic acids is 1. The number of phenols is 1. The van der Waals surface area contributed by atoms with E-state index >= 15 is 0 Å². The van der Waals surface area contributed by atoms with Crippen LogP contribution in [0, 0.1) is 18.8 Å². The van der Waals surface area contributed by atoms with E-state index in [1.165, 1.54) is 6.42 Å². The number of benzene rings is 2. The van der Waals surface area contributed by atoms with Crippen LogP contribution in [0.15, 0.2) is 36.1 Å². The molecule has 0 radical (unpaired) electrons. The summed E-state index contributed by atoms with van der Waals surface area (Å²) in [6, 6.07) is 9.25. The van der Waals surface area contributed by atoms with Gasteiger partial charge in [-0.25, -0.2) is 0 Å². The maximum atomic E-state index is 13.1. The highest BCUT2D eigenvalue weighted by Crippen LogP contribution is 2.42. The Balaban J connectivity index is 1.63. The van der Waals surface area contributed by atoms with Crippen LogP contribution in [0.25, 0.3) is 6.08 Å². The Morgan fingerprint density at radius 2 is 1.87 bits per heavy atom. The minimum atomic E-state index is -0.136. The lowest BCUT2D eigenvalue weighted by atomic mass is 9.91. The summed E-state index contributed by atoms with van der Waals surface area (Å²) in [6.45, 7) is 11.5.